The predicted molar refractivity (Wildman–Crippen MR) is 64.0 cm³/mol. The number of nitrogens with zero attached hydrogens (tertiary/aromatic N) is 1. The molecule has 0 saturated carbocycles. The lowest BCUT2D eigenvalue weighted by atomic mass is 10.0. The maximum atomic E-state index is 12.0. The van der Waals surface area contributed by atoms with E-state index in [9.17, 15) is 4.79 Å². The predicted octanol–water partition coefficient (Wildman–Crippen LogP) is 1.95. The van der Waals surface area contributed by atoms with Gasteiger partial charge >= 0.3 is 0 Å². The first kappa shape index (κ1) is 10.4. The van der Waals surface area contributed by atoms with Crippen LogP contribution in [0.3, 0.4) is 0 Å². The van der Waals surface area contributed by atoms with Gasteiger partial charge in [0.05, 0.1) is 12.6 Å². The Morgan fingerprint density at radius 3 is 2.88 bits per heavy atom. The lowest BCUT2D eigenvalue weighted by molar-refractivity contribution is -0.129. The van der Waals surface area contributed by atoms with Gasteiger partial charge in [-0.2, -0.15) is 0 Å². The first-order valence-electron chi connectivity index (χ1n) is 5.90. The third-order valence-corrected chi connectivity index (χ3v) is 3.55. The van der Waals surface area contributed by atoms with Crippen LogP contribution in [0.15, 0.2) is 42.7 Å². The Bertz CT molecular complexity index is 455. The number of rotatable bonds is 2. The average molecular weight is 229 g/mol. The Morgan fingerprint density at radius 2 is 2.12 bits per heavy atom. The molecule has 2 aliphatic rings. The Kier molecular flexibility index (Phi) is 2.39. The van der Waals surface area contributed by atoms with Crippen molar-refractivity contribution in [2.45, 2.75) is 19.0 Å². The summed E-state index contributed by atoms with van der Waals surface area (Å²) in [7, 11) is 0. The number of hydrogen-bond acceptors (Lipinski definition) is 2. The Hall–Kier alpha value is -1.77. The monoisotopic (exact) mass is 229 g/mol. The highest BCUT2D eigenvalue weighted by Crippen LogP contribution is 2.37. The van der Waals surface area contributed by atoms with Gasteiger partial charge in [-0.1, -0.05) is 36.9 Å². The van der Waals surface area contributed by atoms with Crippen molar-refractivity contribution in [1.29, 1.82) is 0 Å². The van der Waals surface area contributed by atoms with Gasteiger partial charge in [0.25, 0.3) is 0 Å². The molecular weight excluding hydrogens is 214 g/mol. The van der Waals surface area contributed by atoms with Crippen molar-refractivity contribution >= 4 is 5.91 Å². The third kappa shape index (κ3) is 1.71. The smallest absolute Gasteiger partial charge is 0.224 e. The molecule has 3 heteroatoms. The number of hydrogen-bond donors (Lipinski definition) is 0. The first-order chi connectivity index (χ1) is 8.25. The van der Waals surface area contributed by atoms with E-state index < -0.39 is 0 Å². The zero-order valence-electron chi connectivity index (χ0n) is 9.63. The van der Waals surface area contributed by atoms with Crippen LogP contribution in [0.25, 0.3) is 0 Å². The molecule has 88 valence electrons. The molecule has 0 spiro atoms. The molecule has 2 atom stereocenters. The van der Waals surface area contributed by atoms with Crippen LogP contribution in [-0.4, -0.2) is 23.5 Å². The number of ether oxygens (including phenoxy) is 1. The second-order valence-electron chi connectivity index (χ2n) is 4.69. The van der Waals surface area contributed by atoms with E-state index in [4.69, 9.17) is 4.74 Å². The number of carbonyl (C=O) groups is 1. The van der Waals surface area contributed by atoms with Crippen molar-refractivity contribution in [2.24, 2.45) is 5.92 Å². The number of likely N-dealkylation sites (tertiary alicyclic amines) is 1. The largest absolute Gasteiger partial charge is 0.496 e. The van der Waals surface area contributed by atoms with Crippen LogP contribution in [-0.2, 0) is 16.1 Å². The van der Waals surface area contributed by atoms with Crippen LogP contribution in [0.2, 0.25) is 0 Å². The van der Waals surface area contributed by atoms with Crippen molar-refractivity contribution in [2.75, 3.05) is 6.61 Å². The fraction of sp³-hybridized carbons (Fsp3) is 0.357. The second-order valence-corrected chi connectivity index (χ2v) is 4.69. The number of benzene rings is 1. The number of fused-ring (bicyclic) bond motifs is 1. The van der Waals surface area contributed by atoms with Gasteiger partial charge in [0.2, 0.25) is 5.91 Å². The molecule has 2 saturated heterocycles. The Labute approximate surface area is 101 Å². The van der Waals surface area contributed by atoms with Gasteiger partial charge < -0.3 is 9.64 Å². The van der Waals surface area contributed by atoms with Gasteiger partial charge in [-0.15, -0.1) is 0 Å². The lowest BCUT2D eigenvalue weighted by Crippen LogP contribution is -2.33. The molecule has 0 bridgehead atoms. The second kappa shape index (κ2) is 3.91. The minimum absolute atomic E-state index is 0.0858. The van der Waals surface area contributed by atoms with Gasteiger partial charge in [0.1, 0.15) is 5.76 Å². The molecule has 3 rings (SSSR count). The van der Waals surface area contributed by atoms with E-state index in [1.807, 2.05) is 35.2 Å². The Balaban J connectivity index is 1.82. The summed E-state index contributed by atoms with van der Waals surface area (Å²) in [4.78, 5) is 13.9. The summed E-state index contributed by atoms with van der Waals surface area (Å²) < 4.78 is 5.45. The van der Waals surface area contributed by atoms with E-state index >= 15 is 0 Å². The quantitative estimate of drug-likeness (QED) is 0.775. The van der Waals surface area contributed by atoms with Crippen LogP contribution in [0, 0.1) is 5.92 Å². The fourth-order valence-corrected chi connectivity index (χ4v) is 2.72. The number of amides is 1. The number of carbonyl (C=O) groups excluding carboxylic acids is 1. The van der Waals surface area contributed by atoms with E-state index in [2.05, 4.69) is 6.58 Å². The molecule has 0 aliphatic carbocycles. The molecule has 0 aromatic heterocycles. The van der Waals surface area contributed by atoms with Crippen molar-refractivity contribution in [3.63, 3.8) is 0 Å². The summed E-state index contributed by atoms with van der Waals surface area (Å²) in [6, 6.07) is 10.1. The van der Waals surface area contributed by atoms with Gasteiger partial charge in [-0.3, -0.25) is 4.79 Å². The lowest BCUT2D eigenvalue weighted by Gasteiger charge is -2.23. The molecule has 2 aliphatic heterocycles. The molecule has 17 heavy (non-hydrogen) atoms. The molecule has 2 fully saturated rings. The minimum Gasteiger partial charge on any atom is -0.496 e. The molecule has 3 nitrogen and oxygen atoms in total. The highest BCUT2D eigenvalue weighted by atomic mass is 16.5. The fourth-order valence-electron chi connectivity index (χ4n) is 2.72. The SMILES string of the molecule is C=C1OC[C@@H]2CC(=O)N(Cc3ccccc3)[C@H]12. The summed E-state index contributed by atoms with van der Waals surface area (Å²) in [5, 5.41) is 0. The highest BCUT2D eigenvalue weighted by molar-refractivity contribution is 5.80. The summed E-state index contributed by atoms with van der Waals surface area (Å²) in [5.41, 5.74) is 1.15. The van der Waals surface area contributed by atoms with Gasteiger partial charge in [0.15, 0.2) is 0 Å². The molecule has 0 N–H and O–H groups in total. The molecule has 0 radical (unpaired) electrons. The van der Waals surface area contributed by atoms with Crippen molar-refractivity contribution < 1.29 is 9.53 Å². The Morgan fingerprint density at radius 1 is 1.35 bits per heavy atom. The molecule has 2 heterocycles. The average Bonchev–Trinajstić information content (AvgIpc) is 2.83. The first-order valence-corrected chi connectivity index (χ1v) is 5.90. The third-order valence-electron chi connectivity index (χ3n) is 3.55. The molecule has 1 aromatic carbocycles. The van der Waals surface area contributed by atoms with Crippen LogP contribution < -0.4 is 0 Å². The minimum atomic E-state index is 0.0858. The van der Waals surface area contributed by atoms with Crippen LogP contribution in [0.5, 0.6) is 0 Å². The maximum Gasteiger partial charge on any atom is 0.224 e. The standard InChI is InChI=1S/C14H15NO2/c1-10-14-12(9-17-10)7-13(16)15(14)8-11-5-3-2-4-6-11/h2-6,12,14H,1,7-9H2/t12-,14+/m0/s1. The van der Waals surface area contributed by atoms with Crippen molar-refractivity contribution in [3.8, 4) is 0 Å². The summed E-state index contributed by atoms with van der Waals surface area (Å²) in [5.74, 6) is 1.27. The highest BCUT2D eigenvalue weighted by Gasteiger charge is 2.46. The van der Waals surface area contributed by atoms with Gasteiger partial charge in [0, 0.05) is 18.9 Å². The van der Waals surface area contributed by atoms with Gasteiger partial charge in [-0.05, 0) is 5.56 Å². The van der Waals surface area contributed by atoms with Crippen molar-refractivity contribution in [3.05, 3.63) is 48.2 Å². The van der Waals surface area contributed by atoms with Crippen molar-refractivity contribution in [1.82, 2.24) is 4.90 Å². The molecule has 1 amide bonds. The topological polar surface area (TPSA) is 29.5 Å². The molecular formula is C14H15NO2. The van der Waals surface area contributed by atoms with E-state index in [1.165, 1.54) is 0 Å². The van der Waals surface area contributed by atoms with Crippen LogP contribution in [0.1, 0.15) is 12.0 Å². The van der Waals surface area contributed by atoms with E-state index in [0.717, 1.165) is 11.3 Å². The maximum absolute atomic E-state index is 12.0. The summed E-state index contributed by atoms with van der Waals surface area (Å²) in [6.45, 7) is 5.20. The van der Waals surface area contributed by atoms with E-state index in [1.54, 1.807) is 0 Å². The van der Waals surface area contributed by atoms with Gasteiger partial charge in [-0.25, -0.2) is 0 Å². The zero-order chi connectivity index (χ0) is 11.8. The summed E-state index contributed by atoms with van der Waals surface area (Å²) >= 11 is 0. The zero-order valence-corrected chi connectivity index (χ0v) is 9.63. The van der Waals surface area contributed by atoms with E-state index in [0.29, 0.717) is 25.5 Å². The van der Waals surface area contributed by atoms with E-state index in [-0.39, 0.29) is 11.9 Å². The van der Waals surface area contributed by atoms with Crippen LogP contribution >= 0.6 is 0 Å². The van der Waals surface area contributed by atoms with Crippen LogP contribution in [0.4, 0.5) is 0 Å². The summed E-state index contributed by atoms with van der Waals surface area (Å²) in [6.07, 6.45) is 0.594. The molecule has 1 aromatic rings. The normalized spacial score (nSPS) is 27.2. The molecule has 0 unspecified atom stereocenters.